The monoisotopic (exact) mass is 507 g/mol. The van der Waals surface area contributed by atoms with Crippen LogP contribution in [0.4, 0.5) is 10.1 Å². The third-order valence-electron chi connectivity index (χ3n) is 4.99. The van der Waals surface area contributed by atoms with Crippen molar-refractivity contribution >= 4 is 43.0 Å². The second kappa shape index (κ2) is 8.77. The molecule has 3 aromatic carbocycles. The van der Waals surface area contributed by atoms with Crippen LogP contribution in [0.1, 0.15) is 23.6 Å². The predicted molar refractivity (Wildman–Crippen MR) is 126 cm³/mol. The molecule has 1 aliphatic rings. The van der Waals surface area contributed by atoms with Gasteiger partial charge in [-0.2, -0.15) is 17.9 Å². The van der Waals surface area contributed by atoms with Crippen LogP contribution in [0, 0.1) is 5.82 Å². The minimum atomic E-state index is -4.14. The Labute approximate surface area is 196 Å². The van der Waals surface area contributed by atoms with Crippen molar-refractivity contribution in [2.75, 3.05) is 11.0 Å². The number of hydrazone groups is 1. The number of sulfonamides is 2. The molecule has 11 heteroatoms. The second-order valence-corrected chi connectivity index (χ2v) is 11.5. The van der Waals surface area contributed by atoms with Gasteiger partial charge in [0.2, 0.25) is 10.0 Å². The minimum Gasteiger partial charge on any atom is -0.284 e. The first-order valence-corrected chi connectivity index (χ1v) is 13.5. The molecule has 1 aliphatic heterocycles. The molecule has 1 heterocycles. The van der Waals surface area contributed by atoms with Crippen molar-refractivity contribution in [3.05, 3.63) is 94.8 Å². The SMILES string of the molecule is CS(=O)(=O)Nc1cccc(C2=NN(S(=O)(=O)c3ccc(Cl)cc3)[C@H](c3ccccc3F)C2)c1. The Hall–Kier alpha value is -2.95. The molecule has 0 saturated carbocycles. The number of rotatable bonds is 6. The van der Waals surface area contributed by atoms with Crippen LogP contribution in [-0.4, -0.2) is 33.2 Å². The summed E-state index contributed by atoms with van der Waals surface area (Å²) in [6.07, 6.45) is 1.12. The smallest absolute Gasteiger partial charge is 0.279 e. The van der Waals surface area contributed by atoms with Crippen molar-refractivity contribution in [2.24, 2.45) is 5.10 Å². The number of halogens is 2. The summed E-state index contributed by atoms with van der Waals surface area (Å²) < 4.78 is 68.0. The van der Waals surface area contributed by atoms with Crippen LogP contribution >= 0.6 is 11.6 Å². The summed E-state index contributed by atoms with van der Waals surface area (Å²) in [5.41, 5.74) is 1.37. The zero-order chi connectivity index (χ0) is 23.8. The van der Waals surface area contributed by atoms with Gasteiger partial charge >= 0.3 is 0 Å². The molecule has 0 spiro atoms. The summed E-state index contributed by atoms with van der Waals surface area (Å²) in [5.74, 6) is -0.553. The third kappa shape index (κ3) is 5.02. The van der Waals surface area contributed by atoms with Crippen LogP contribution in [0.15, 0.2) is 82.8 Å². The van der Waals surface area contributed by atoms with Gasteiger partial charge in [0.25, 0.3) is 10.0 Å². The molecule has 0 aromatic heterocycles. The highest BCUT2D eigenvalue weighted by Gasteiger charge is 2.39. The van der Waals surface area contributed by atoms with E-state index in [1.54, 1.807) is 30.3 Å². The summed E-state index contributed by atoms with van der Waals surface area (Å²) in [6, 6.07) is 17.1. The standard InChI is InChI=1S/C22H19ClFN3O4S2/c1-32(28,29)26-17-6-4-5-15(13-17)21-14-22(19-7-2-3-8-20(19)24)27(25-21)33(30,31)18-11-9-16(23)10-12-18/h2-13,22,26H,14H2,1H3/t22-/m0/s1. The van der Waals surface area contributed by atoms with E-state index < -0.39 is 31.9 Å². The van der Waals surface area contributed by atoms with Gasteiger partial charge in [0, 0.05) is 22.7 Å². The van der Waals surface area contributed by atoms with E-state index in [0.29, 0.717) is 22.0 Å². The van der Waals surface area contributed by atoms with E-state index in [1.165, 1.54) is 42.5 Å². The van der Waals surface area contributed by atoms with Crippen LogP contribution in [0.25, 0.3) is 0 Å². The van der Waals surface area contributed by atoms with Crippen molar-refractivity contribution < 1.29 is 21.2 Å². The maximum absolute atomic E-state index is 14.7. The molecular weight excluding hydrogens is 489 g/mol. The Morgan fingerprint density at radius 2 is 1.70 bits per heavy atom. The first kappa shape index (κ1) is 23.2. The summed E-state index contributed by atoms with van der Waals surface area (Å²) >= 11 is 5.90. The van der Waals surface area contributed by atoms with E-state index in [-0.39, 0.29) is 16.9 Å². The normalized spacial score (nSPS) is 16.5. The molecule has 7 nitrogen and oxygen atoms in total. The molecule has 0 unspecified atom stereocenters. The van der Waals surface area contributed by atoms with Gasteiger partial charge in [0.05, 0.1) is 22.9 Å². The van der Waals surface area contributed by atoms with Crippen molar-refractivity contribution in [2.45, 2.75) is 17.4 Å². The Kier molecular flexibility index (Phi) is 6.17. The Morgan fingerprint density at radius 1 is 1.00 bits per heavy atom. The molecule has 0 amide bonds. The Balaban J connectivity index is 1.80. The van der Waals surface area contributed by atoms with E-state index in [9.17, 15) is 21.2 Å². The van der Waals surface area contributed by atoms with E-state index >= 15 is 0 Å². The Morgan fingerprint density at radius 3 is 2.36 bits per heavy atom. The van der Waals surface area contributed by atoms with Gasteiger partial charge in [-0.15, -0.1) is 0 Å². The topological polar surface area (TPSA) is 95.9 Å². The number of nitrogens with one attached hydrogen (secondary N) is 1. The second-order valence-electron chi connectivity index (χ2n) is 7.47. The lowest BCUT2D eigenvalue weighted by molar-refractivity contribution is 0.362. The highest BCUT2D eigenvalue weighted by atomic mass is 35.5. The average Bonchev–Trinajstić information content (AvgIpc) is 3.20. The molecule has 1 atom stereocenters. The van der Waals surface area contributed by atoms with Gasteiger partial charge in [0.1, 0.15) is 5.82 Å². The quantitative estimate of drug-likeness (QED) is 0.535. The van der Waals surface area contributed by atoms with Crippen molar-refractivity contribution in [1.82, 2.24) is 4.41 Å². The maximum atomic E-state index is 14.7. The zero-order valence-corrected chi connectivity index (χ0v) is 19.7. The molecule has 3 aromatic rings. The van der Waals surface area contributed by atoms with E-state index in [1.807, 2.05) is 0 Å². The fourth-order valence-electron chi connectivity index (χ4n) is 3.55. The third-order valence-corrected chi connectivity index (χ3v) is 7.55. The molecule has 0 bridgehead atoms. The first-order valence-electron chi connectivity index (χ1n) is 9.75. The molecular formula is C22H19ClFN3O4S2. The van der Waals surface area contributed by atoms with Crippen LogP contribution in [0.5, 0.6) is 0 Å². The summed E-state index contributed by atoms with van der Waals surface area (Å²) in [5, 5.41) is 4.73. The zero-order valence-electron chi connectivity index (χ0n) is 17.3. The van der Waals surface area contributed by atoms with Crippen molar-refractivity contribution in [3.8, 4) is 0 Å². The van der Waals surface area contributed by atoms with Crippen LogP contribution < -0.4 is 4.72 Å². The summed E-state index contributed by atoms with van der Waals surface area (Å²) in [7, 11) is -7.65. The van der Waals surface area contributed by atoms with Crippen LogP contribution in [0.3, 0.4) is 0 Å². The maximum Gasteiger partial charge on any atom is 0.279 e. The highest BCUT2D eigenvalue weighted by molar-refractivity contribution is 7.92. The van der Waals surface area contributed by atoms with Gasteiger partial charge in [-0.1, -0.05) is 41.9 Å². The van der Waals surface area contributed by atoms with E-state index in [0.717, 1.165) is 10.7 Å². The first-order chi connectivity index (χ1) is 15.5. The molecule has 172 valence electrons. The number of benzene rings is 3. The van der Waals surface area contributed by atoms with Gasteiger partial charge in [-0.05, 0) is 48.0 Å². The number of anilines is 1. The molecule has 4 rings (SSSR count). The Bertz CT molecular complexity index is 1440. The lowest BCUT2D eigenvalue weighted by Crippen LogP contribution is -2.27. The number of hydrogen-bond acceptors (Lipinski definition) is 5. The predicted octanol–water partition coefficient (Wildman–Crippen LogP) is 4.39. The van der Waals surface area contributed by atoms with Gasteiger partial charge in [-0.3, -0.25) is 4.72 Å². The molecule has 33 heavy (non-hydrogen) atoms. The molecule has 0 saturated heterocycles. The fraction of sp³-hybridized carbons (Fsp3) is 0.136. The summed E-state index contributed by atoms with van der Waals surface area (Å²) in [4.78, 5) is -0.0364. The average molecular weight is 508 g/mol. The van der Waals surface area contributed by atoms with Crippen LogP contribution in [-0.2, 0) is 20.0 Å². The lowest BCUT2D eigenvalue weighted by Gasteiger charge is -2.23. The van der Waals surface area contributed by atoms with Crippen LogP contribution in [0.2, 0.25) is 5.02 Å². The molecule has 0 aliphatic carbocycles. The molecule has 1 N–H and O–H groups in total. The van der Waals surface area contributed by atoms with E-state index in [2.05, 4.69) is 9.82 Å². The molecule has 0 fully saturated rings. The van der Waals surface area contributed by atoms with Gasteiger partial charge in [-0.25, -0.2) is 12.8 Å². The van der Waals surface area contributed by atoms with Gasteiger partial charge < -0.3 is 0 Å². The largest absolute Gasteiger partial charge is 0.284 e. The summed E-state index contributed by atoms with van der Waals surface area (Å²) in [6.45, 7) is 0. The minimum absolute atomic E-state index is 0.0364. The number of nitrogens with zero attached hydrogens (tertiary/aromatic N) is 2. The lowest BCUT2D eigenvalue weighted by atomic mass is 9.98. The van der Waals surface area contributed by atoms with Crippen molar-refractivity contribution in [3.63, 3.8) is 0 Å². The van der Waals surface area contributed by atoms with E-state index in [4.69, 9.17) is 11.6 Å². The van der Waals surface area contributed by atoms with Crippen molar-refractivity contribution in [1.29, 1.82) is 0 Å². The highest BCUT2D eigenvalue weighted by Crippen LogP contribution is 2.38. The number of hydrogen-bond donors (Lipinski definition) is 1. The van der Waals surface area contributed by atoms with Gasteiger partial charge in [0.15, 0.2) is 0 Å². The molecule has 0 radical (unpaired) electrons. The fourth-order valence-corrected chi connectivity index (χ4v) is 5.66.